The number of hydrogen-bond acceptors (Lipinski definition) is 4. The van der Waals surface area contributed by atoms with E-state index < -0.39 is 18.1 Å². The van der Waals surface area contributed by atoms with Crippen LogP contribution in [0.1, 0.15) is 43.4 Å². The molecule has 1 aliphatic carbocycles. The molecule has 0 radical (unpaired) electrons. The summed E-state index contributed by atoms with van der Waals surface area (Å²) in [5.74, 6) is -1.08. The van der Waals surface area contributed by atoms with E-state index in [9.17, 15) is 14.7 Å². The van der Waals surface area contributed by atoms with Gasteiger partial charge in [-0.05, 0) is 24.8 Å². The fourth-order valence-corrected chi connectivity index (χ4v) is 2.91. The van der Waals surface area contributed by atoms with Crippen molar-refractivity contribution in [2.45, 2.75) is 51.4 Å². The molecule has 1 amide bonds. The molecule has 1 aliphatic rings. The number of carbonyl (C=O) groups excluding carboxylic acids is 1. The third-order valence-electron chi connectivity index (χ3n) is 4.29. The third-order valence-corrected chi connectivity index (χ3v) is 4.29. The number of carboxylic acid groups (broad SMARTS) is 1. The highest BCUT2D eigenvalue weighted by atomic mass is 16.6. The van der Waals surface area contributed by atoms with E-state index in [4.69, 9.17) is 4.74 Å². The summed E-state index contributed by atoms with van der Waals surface area (Å²) in [5, 5.41) is 14.0. The van der Waals surface area contributed by atoms with Crippen molar-refractivity contribution in [1.82, 2.24) is 14.7 Å². The third kappa shape index (κ3) is 4.22. The van der Waals surface area contributed by atoms with Crippen LogP contribution in [0.2, 0.25) is 0 Å². The molecule has 1 fully saturated rings. The smallest absolute Gasteiger partial charge is 0.411 e. The molecule has 1 aromatic heterocycles. The van der Waals surface area contributed by atoms with Crippen LogP contribution in [-0.2, 0) is 22.7 Å². The second-order valence-corrected chi connectivity index (χ2v) is 6.46. The average molecular weight is 357 g/mol. The topological polar surface area (TPSA) is 84.7 Å². The van der Waals surface area contributed by atoms with Crippen molar-refractivity contribution < 1.29 is 19.4 Å². The van der Waals surface area contributed by atoms with Crippen LogP contribution in [0.3, 0.4) is 0 Å². The van der Waals surface area contributed by atoms with E-state index in [1.165, 1.54) is 11.1 Å². The second kappa shape index (κ2) is 8.03. The Kier molecular flexibility index (Phi) is 5.55. The van der Waals surface area contributed by atoms with Crippen LogP contribution in [0.25, 0.3) is 0 Å². The van der Waals surface area contributed by atoms with Gasteiger partial charge in [-0.15, -0.1) is 0 Å². The minimum Gasteiger partial charge on any atom is -0.479 e. The van der Waals surface area contributed by atoms with E-state index in [0.29, 0.717) is 12.1 Å². The molecule has 1 unspecified atom stereocenters. The van der Waals surface area contributed by atoms with Gasteiger partial charge in [-0.2, -0.15) is 5.10 Å². The molecule has 26 heavy (non-hydrogen) atoms. The van der Waals surface area contributed by atoms with Crippen LogP contribution in [0, 0.1) is 0 Å². The lowest BCUT2D eigenvalue weighted by atomic mass is 10.1. The molecule has 7 nitrogen and oxygen atoms in total. The van der Waals surface area contributed by atoms with Gasteiger partial charge in [0.1, 0.15) is 6.61 Å². The number of rotatable bonds is 8. The van der Waals surface area contributed by atoms with Crippen molar-refractivity contribution >= 4 is 12.1 Å². The molecule has 0 saturated heterocycles. The van der Waals surface area contributed by atoms with Gasteiger partial charge in [0.25, 0.3) is 0 Å². The van der Waals surface area contributed by atoms with Gasteiger partial charge in [0.15, 0.2) is 6.04 Å². The number of hydrogen-bond donors (Lipinski definition) is 1. The van der Waals surface area contributed by atoms with Crippen molar-refractivity contribution in [2.75, 3.05) is 0 Å². The first-order chi connectivity index (χ1) is 12.6. The second-order valence-electron chi connectivity index (χ2n) is 6.46. The van der Waals surface area contributed by atoms with Gasteiger partial charge in [0.05, 0.1) is 6.20 Å². The predicted molar refractivity (Wildman–Crippen MR) is 94.4 cm³/mol. The minimum absolute atomic E-state index is 0.103. The molecule has 0 bridgehead atoms. The summed E-state index contributed by atoms with van der Waals surface area (Å²) in [6.45, 7) is 2.84. The number of aryl methyl sites for hydroxylation is 1. The number of ether oxygens (including phenoxy) is 1. The van der Waals surface area contributed by atoms with Crippen LogP contribution in [0.5, 0.6) is 0 Å². The Morgan fingerprint density at radius 2 is 2.08 bits per heavy atom. The number of aliphatic carboxylic acids is 1. The molecular formula is C19H23N3O4. The zero-order valence-electron chi connectivity index (χ0n) is 14.7. The highest BCUT2D eigenvalue weighted by Gasteiger charge is 2.43. The zero-order chi connectivity index (χ0) is 18.5. The Labute approximate surface area is 152 Å². The monoisotopic (exact) mass is 357 g/mol. The summed E-state index contributed by atoms with van der Waals surface area (Å²) in [5.41, 5.74) is 1.36. The first-order valence-corrected chi connectivity index (χ1v) is 8.84. The van der Waals surface area contributed by atoms with E-state index >= 15 is 0 Å². The Bertz CT molecular complexity index is 755. The Morgan fingerprint density at radius 1 is 1.35 bits per heavy atom. The molecule has 3 rings (SSSR count). The van der Waals surface area contributed by atoms with Crippen molar-refractivity contribution in [3.8, 4) is 0 Å². The lowest BCUT2D eigenvalue weighted by molar-refractivity contribution is -0.143. The van der Waals surface area contributed by atoms with Crippen LogP contribution in [0.4, 0.5) is 4.79 Å². The van der Waals surface area contributed by atoms with Crippen LogP contribution in [0.15, 0.2) is 42.7 Å². The highest BCUT2D eigenvalue weighted by Crippen LogP contribution is 2.35. The number of benzene rings is 1. The Balaban J connectivity index is 1.76. The van der Waals surface area contributed by atoms with Crippen LogP contribution in [-0.4, -0.2) is 37.9 Å². The largest absolute Gasteiger partial charge is 0.479 e. The van der Waals surface area contributed by atoms with Crippen molar-refractivity contribution in [3.63, 3.8) is 0 Å². The summed E-state index contributed by atoms with van der Waals surface area (Å²) in [6, 6.07) is 8.14. The SMILES string of the molecule is CCCn1cc(C(C(=O)O)N(C(=O)OCc2ccccc2)C2CC2)cn1. The number of carbonyl (C=O) groups is 2. The predicted octanol–water partition coefficient (Wildman–Crippen LogP) is 3.22. The maximum Gasteiger partial charge on any atom is 0.411 e. The number of aromatic nitrogens is 2. The Morgan fingerprint density at radius 3 is 2.69 bits per heavy atom. The molecular weight excluding hydrogens is 334 g/mol. The highest BCUT2D eigenvalue weighted by molar-refractivity contribution is 5.81. The lowest BCUT2D eigenvalue weighted by Gasteiger charge is -2.27. The molecule has 2 aromatic rings. The van der Waals surface area contributed by atoms with E-state index in [1.54, 1.807) is 10.9 Å². The van der Waals surface area contributed by atoms with Gasteiger partial charge in [0.2, 0.25) is 0 Å². The number of amides is 1. The first-order valence-electron chi connectivity index (χ1n) is 8.84. The van der Waals surface area contributed by atoms with Gasteiger partial charge in [-0.1, -0.05) is 37.3 Å². The maximum atomic E-state index is 12.7. The van der Waals surface area contributed by atoms with Gasteiger partial charge in [-0.25, -0.2) is 9.59 Å². The van der Waals surface area contributed by atoms with Gasteiger partial charge in [-0.3, -0.25) is 9.58 Å². The van der Waals surface area contributed by atoms with Crippen LogP contribution >= 0.6 is 0 Å². The number of carboxylic acids is 1. The van der Waals surface area contributed by atoms with Gasteiger partial charge >= 0.3 is 12.1 Å². The number of nitrogens with zero attached hydrogens (tertiary/aromatic N) is 3. The van der Waals surface area contributed by atoms with Crippen LogP contribution < -0.4 is 0 Å². The Hall–Kier alpha value is -2.83. The summed E-state index contributed by atoms with van der Waals surface area (Å²) in [6.07, 6.45) is 5.08. The minimum atomic E-state index is -1.09. The van der Waals surface area contributed by atoms with Gasteiger partial charge < -0.3 is 9.84 Å². The summed E-state index contributed by atoms with van der Waals surface area (Å²) in [4.78, 5) is 25.9. The normalized spacial score (nSPS) is 14.7. The van der Waals surface area contributed by atoms with E-state index in [0.717, 1.165) is 24.8 Å². The standard InChI is InChI=1S/C19H23N3O4/c1-2-10-21-12-15(11-20-21)17(18(23)24)22(16-8-9-16)19(25)26-13-14-6-4-3-5-7-14/h3-7,11-12,16-17H,2,8-10,13H2,1H3,(H,23,24). The summed E-state index contributed by atoms with van der Waals surface area (Å²) < 4.78 is 7.09. The van der Waals surface area contributed by atoms with Gasteiger partial charge in [0, 0.05) is 24.3 Å². The molecule has 1 aromatic carbocycles. The zero-order valence-corrected chi connectivity index (χ0v) is 14.7. The van der Waals surface area contributed by atoms with Crippen molar-refractivity contribution in [2.24, 2.45) is 0 Å². The van der Waals surface area contributed by atoms with E-state index in [1.807, 2.05) is 37.3 Å². The molecule has 1 heterocycles. The molecule has 0 aliphatic heterocycles. The molecule has 1 N–H and O–H groups in total. The fraction of sp³-hybridized carbons (Fsp3) is 0.421. The fourth-order valence-electron chi connectivity index (χ4n) is 2.91. The molecule has 1 saturated carbocycles. The van der Waals surface area contributed by atoms with E-state index in [-0.39, 0.29) is 12.6 Å². The average Bonchev–Trinajstić information content (AvgIpc) is 3.37. The molecule has 0 spiro atoms. The summed E-state index contributed by atoms with van der Waals surface area (Å²) in [7, 11) is 0. The first kappa shape index (κ1) is 18.0. The molecule has 138 valence electrons. The quantitative estimate of drug-likeness (QED) is 0.784. The summed E-state index contributed by atoms with van der Waals surface area (Å²) >= 11 is 0. The van der Waals surface area contributed by atoms with Crippen molar-refractivity contribution in [3.05, 3.63) is 53.9 Å². The molecule has 1 atom stereocenters. The van der Waals surface area contributed by atoms with Crippen molar-refractivity contribution in [1.29, 1.82) is 0 Å². The lowest BCUT2D eigenvalue weighted by Crippen LogP contribution is -2.40. The van der Waals surface area contributed by atoms with E-state index in [2.05, 4.69) is 5.10 Å². The maximum absolute atomic E-state index is 12.7. The molecule has 7 heteroatoms.